The monoisotopic (exact) mass is 522 g/mol. The van der Waals surface area contributed by atoms with Crippen LogP contribution in [0.2, 0.25) is 0 Å². The number of benzene rings is 2. The Hall–Kier alpha value is -4.31. The fourth-order valence-electron chi connectivity index (χ4n) is 4.15. The highest BCUT2D eigenvalue weighted by Gasteiger charge is 2.39. The maximum Gasteiger partial charge on any atom is 0.338 e. The van der Waals surface area contributed by atoms with Gasteiger partial charge in [0, 0.05) is 0 Å². The third kappa shape index (κ3) is 4.75. The molecule has 10 heteroatoms. The second-order valence-electron chi connectivity index (χ2n) is 7.96. The van der Waals surface area contributed by atoms with E-state index >= 15 is 0 Å². The van der Waals surface area contributed by atoms with Gasteiger partial charge in [-0.05, 0) is 48.4 Å². The van der Waals surface area contributed by atoms with Gasteiger partial charge in [-0.25, -0.2) is 9.59 Å². The minimum atomic E-state index is -0.927. The van der Waals surface area contributed by atoms with Crippen molar-refractivity contribution in [2.75, 3.05) is 27.9 Å². The number of fused-ring (bicyclic) bond motifs is 1. The number of nitrogens with zero attached hydrogens (tertiary/aromatic N) is 1. The van der Waals surface area contributed by atoms with Crippen LogP contribution in [0.4, 0.5) is 0 Å². The summed E-state index contributed by atoms with van der Waals surface area (Å²) in [7, 11) is 4.35. The first kappa shape index (κ1) is 25.8. The van der Waals surface area contributed by atoms with Crippen LogP contribution in [-0.2, 0) is 19.1 Å². The van der Waals surface area contributed by atoms with Crippen LogP contribution in [-0.4, -0.2) is 44.4 Å². The summed E-state index contributed by atoms with van der Waals surface area (Å²) < 4.78 is 22.6. The van der Waals surface area contributed by atoms with Crippen LogP contribution >= 0.6 is 11.3 Å². The van der Waals surface area contributed by atoms with E-state index in [-0.39, 0.29) is 28.2 Å². The van der Waals surface area contributed by atoms with Gasteiger partial charge in [0.05, 0.1) is 49.5 Å². The van der Waals surface area contributed by atoms with E-state index in [1.807, 2.05) is 0 Å². The van der Waals surface area contributed by atoms with E-state index in [0.29, 0.717) is 21.6 Å². The van der Waals surface area contributed by atoms with Crippen molar-refractivity contribution in [3.63, 3.8) is 0 Å². The topological polar surface area (TPSA) is 119 Å². The summed E-state index contributed by atoms with van der Waals surface area (Å²) >= 11 is 1.09. The summed E-state index contributed by atoms with van der Waals surface area (Å²) in [5.41, 5.74) is 7.44. The Balaban J connectivity index is 2.06. The Morgan fingerprint density at radius 2 is 1.54 bits per heavy atom. The SMILES string of the molecule is CCOC(=O)C1=C(N)n2c(s/c(=C/c3ccc(OC)cc3)c2=O)=C(C(=O)OC)[C@H]1c1ccc(OC)cc1. The molecule has 0 aliphatic carbocycles. The fourth-order valence-corrected chi connectivity index (χ4v) is 5.31. The van der Waals surface area contributed by atoms with Crippen molar-refractivity contribution >= 4 is 40.7 Å². The van der Waals surface area contributed by atoms with Crippen LogP contribution in [0.25, 0.3) is 17.5 Å². The molecule has 9 nitrogen and oxygen atoms in total. The number of thiazole rings is 1. The minimum Gasteiger partial charge on any atom is -0.497 e. The van der Waals surface area contributed by atoms with Crippen LogP contribution < -0.4 is 30.0 Å². The molecule has 2 N–H and O–H groups in total. The molecule has 1 aliphatic rings. The first-order chi connectivity index (χ1) is 17.8. The Kier molecular flexibility index (Phi) is 7.49. The number of ether oxygens (including phenoxy) is 4. The van der Waals surface area contributed by atoms with E-state index in [9.17, 15) is 14.4 Å². The van der Waals surface area contributed by atoms with Crippen molar-refractivity contribution < 1.29 is 28.5 Å². The average Bonchev–Trinajstić information content (AvgIpc) is 3.24. The maximum absolute atomic E-state index is 13.5. The summed E-state index contributed by atoms with van der Waals surface area (Å²) in [5.74, 6) is -1.18. The van der Waals surface area contributed by atoms with E-state index in [2.05, 4.69) is 0 Å². The molecule has 1 atom stereocenters. The molecule has 0 radical (unpaired) electrons. The number of hydrogen-bond acceptors (Lipinski definition) is 9. The molecule has 2 aromatic carbocycles. The molecule has 1 aromatic heterocycles. The van der Waals surface area contributed by atoms with Gasteiger partial charge < -0.3 is 24.7 Å². The summed E-state index contributed by atoms with van der Waals surface area (Å²) in [6.45, 7) is 1.75. The molecule has 192 valence electrons. The Bertz CT molecular complexity index is 1550. The smallest absolute Gasteiger partial charge is 0.338 e. The zero-order chi connectivity index (χ0) is 26.7. The zero-order valence-corrected chi connectivity index (χ0v) is 21.6. The third-order valence-corrected chi connectivity index (χ3v) is 7.02. The molecule has 0 spiro atoms. The number of rotatable bonds is 7. The molecule has 2 heterocycles. The summed E-state index contributed by atoms with van der Waals surface area (Å²) in [6.07, 6.45) is 1.69. The molecular weight excluding hydrogens is 496 g/mol. The quantitative estimate of drug-likeness (QED) is 0.465. The Morgan fingerprint density at radius 1 is 0.946 bits per heavy atom. The molecule has 1 aliphatic heterocycles. The van der Waals surface area contributed by atoms with Crippen LogP contribution in [0.3, 0.4) is 0 Å². The minimum absolute atomic E-state index is 0.0178. The van der Waals surface area contributed by atoms with Gasteiger partial charge >= 0.3 is 11.9 Å². The van der Waals surface area contributed by atoms with Crippen LogP contribution in [0.15, 0.2) is 58.9 Å². The van der Waals surface area contributed by atoms with Crippen molar-refractivity contribution in [1.29, 1.82) is 0 Å². The van der Waals surface area contributed by atoms with Crippen molar-refractivity contribution in [3.05, 3.63) is 84.8 Å². The second-order valence-corrected chi connectivity index (χ2v) is 8.99. The van der Waals surface area contributed by atoms with Gasteiger partial charge in [0.25, 0.3) is 5.56 Å². The zero-order valence-electron chi connectivity index (χ0n) is 20.8. The number of methoxy groups -OCH3 is 3. The lowest BCUT2D eigenvalue weighted by molar-refractivity contribution is -0.138. The van der Waals surface area contributed by atoms with Gasteiger partial charge in [-0.2, -0.15) is 0 Å². The number of aromatic nitrogens is 1. The number of nitrogens with two attached hydrogens (primary N) is 1. The standard InChI is InChI=1S/C27H26N2O7S/c1-5-36-27(32)21-20(16-8-12-18(34-3)13-9-16)22(26(31)35-4)25-29(23(21)28)24(30)19(37-25)14-15-6-10-17(33-2)11-7-15/h6-14,20H,5,28H2,1-4H3/b19-14+/t20-/m0/s1. The Morgan fingerprint density at radius 3 is 2.08 bits per heavy atom. The number of esters is 2. The summed E-state index contributed by atoms with van der Waals surface area (Å²) in [6, 6.07) is 14.0. The highest BCUT2D eigenvalue weighted by atomic mass is 32.1. The highest BCUT2D eigenvalue weighted by molar-refractivity contribution is 7.07. The fraction of sp³-hybridized carbons (Fsp3) is 0.222. The van der Waals surface area contributed by atoms with E-state index in [1.54, 1.807) is 68.6 Å². The highest BCUT2D eigenvalue weighted by Crippen LogP contribution is 2.38. The predicted molar refractivity (Wildman–Crippen MR) is 140 cm³/mol. The number of carbonyl (C=O) groups is 2. The molecule has 0 amide bonds. The summed E-state index contributed by atoms with van der Waals surface area (Å²) in [4.78, 5) is 39.9. The lowest BCUT2D eigenvalue weighted by Crippen LogP contribution is -2.41. The molecule has 0 fully saturated rings. The van der Waals surface area contributed by atoms with Crippen LogP contribution in [0.1, 0.15) is 24.0 Å². The van der Waals surface area contributed by atoms with E-state index in [1.165, 1.54) is 18.8 Å². The van der Waals surface area contributed by atoms with Gasteiger partial charge in [-0.3, -0.25) is 9.36 Å². The van der Waals surface area contributed by atoms with Crippen molar-refractivity contribution in [3.8, 4) is 11.5 Å². The first-order valence-corrected chi connectivity index (χ1v) is 12.2. The lowest BCUT2D eigenvalue weighted by Gasteiger charge is -2.26. The summed E-state index contributed by atoms with van der Waals surface area (Å²) in [5, 5.41) is 0. The number of hydrogen-bond donors (Lipinski definition) is 1. The normalized spacial score (nSPS) is 15.3. The molecule has 0 bridgehead atoms. The van der Waals surface area contributed by atoms with Crippen LogP contribution in [0.5, 0.6) is 11.5 Å². The van der Waals surface area contributed by atoms with Gasteiger partial charge in [-0.1, -0.05) is 24.3 Å². The average molecular weight is 523 g/mol. The van der Waals surface area contributed by atoms with Crippen molar-refractivity contribution in [2.45, 2.75) is 12.8 Å². The largest absolute Gasteiger partial charge is 0.497 e. The van der Waals surface area contributed by atoms with Gasteiger partial charge in [-0.15, -0.1) is 11.3 Å². The van der Waals surface area contributed by atoms with Crippen molar-refractivity contribution in [1.82, 2.24) is 4.57 Å². The second kappa shape index (κ2) is 10.8. The molecule has 3 aromatic rings. The third-order valence-electron chi connectivity index (χ3n) is 5.91. The van der Waals surface area contributed by atoms with E-state index in [0.717, 1.165) is 16.9 Å². The Labute approximate surface area is 216 Å². The molecule has 0 saturated heterocycles. The lowest BCUT2D eigenvalue weighted by atomic mass is 9.83. The molecule has 0 unspecified atom stereocenters. The molecular formula is C27H26N2O7S. The first-order valence-electron chi connectivity index (χ1n) is 11.4. The number of carbonyl (C=O) groups excluding carboxylic acids is 2. The van der Waals surface area contributed by atoms with Gasteiger partial charge in [0.15, 0.2) is 0 Å². The van der Waals surface area contributed by atoms with E-state index in [4.69, 9.17) is 24.7 Å². The van der Waals surface area contributed by atoms with E-state index < -0.39 is 23.4 Å². The molecule has 37 heavy (non-hydrogen) atoms. The predicted octanol–water partition coefficient (Wildman–Crippen LogP) is 1.57. The van der Waals surface area contributed by atoms with Gasteiger partial charge in [0.2, 0.25) is 0 Å². The van der Waals surface area contributed by atoms with Crippen LogP contribution in [0, 0.1) is 0 Å². The van der Waals surface area contributed by atoms with Crippen molar-refractivity contribution in [2.24, 2.45) is 5.73 Å². The molecule has 0 saturated carbocycles. The van der Waals surface area contributed by atoms with Gasteiger partial charge in [0.1, 0.15) is 22.0 Å². The maximum atomic E-state index is 13.5. The molecule has 4 rings (SSSR count).